The van der Waals surface area contributed by atoms with Crippen molar-refractivity contribution in [1.82, 2.24) is 4.98 Å². The maximum Gasteiger partial charge on any atom is 0.134 e. The molecule has 0 atom stereocenters. The zero-order valence-electron chi connectivity index (χ0n) is 8.05. The minimum absolute atomic E-state index is 0.921. The fourth-order valence-corrected chi connectivity index (χ4v) is 1.73. The highest BCUT2D eigenvalue weighted by Crippen LogP contribution is 2.29. The van der Waals surface area contributed by atoms with Gasteiger partial charge in [0.2, 0.25) is 0 Å². The zero-order valence-corrected chi connectivity index (χ0v) is 8.05. The first kappa shape index (κ1) is 8.24. The molecule has 0 bridgehead atoms. The van der Waals surface area contributed by atoms with E-state index in [-0.39, 0.29) is 0 Å². The number of para-hydroxylation sites is 1. The lowest BCUT2D eigenvalue weighted by atomic mass is 10.1. The lowest BCUT2D eigenvalue weighted by Crippen LogP contribution is -1.75. The third-order valence-corrected chi connectivity index (χ3v) is 2.47. The van der Waals surface area contributed by atoms with Gasteiger partial charge in [0.05, 0.1) is 6.26 Å². The number of hydrogen-bond acceptors (Lipinski definition) is 2. The Morgan fingerprint density at radius 1 is 0.933 bits per heavy atom. The second-order valence-electron chi connectivity index (χ2n) is 3.38. The summed E-state index contributed by atoms with van der Waals surface area (Å²) in [6.45, 7) is 0. The molecular weight excluding hydrogens is 186 g/mol. The average Bonchev–Trinajstić information content (AvgIpc) is 2.74. The molecule has 2 heteroatoms. The Morgan fingerprint density at radius 2 is 1.73 bits per heavy atom. The van der Waals surface area contributed by atoms with Crippen molar-refractivity contribution in [3.05, 3.63) is 55.1 Å². The maximum absolute atomic E-state index is 5.48. The molecule has 0 aliphatic heterocycles. The fraction of sp³-hybridized carbons (Fsp3) is 0. The van der Waals surface area contributed by atoms with E-state index in [4.69, 9.17) is 4.42 Å². The molecule has 0 unspecified atom stereocenters. The van der Waals surface area contributed by atoms with Gasteiger partial charge in [0.1, 0.15) is 5.58 Å². The summed E-state index contributed by atoms with van der Waals surface area (Å²) in [6.07, 6.45) is 5.37. The summed E-state index contributed by atoms with van der Waals surface area (Å²) >= 11 is 0. The van der Waals surface area contributed by atoms with E-state index in [2.05, 4.69) is 11.1 Å². The van der Waals surface area contributed by atoms with E-state index in [9.17, 15) is 0 Å². The predicted molar refractivity (Wildman–Crippen MR) is 59.4 cm³/mol. The van der Waals surface area contributed by atoms with Crippen molar-refractivity contribution < 1.29 is 4.42 Å². The van der Waals surface area contributed by atoms with Gasteiger partial charge in [0.15, 0.2) is 0 Å². The van der Waals surface area contributed by atoms with E-state index >= 15 is 0 Å². The van der Waals surface area contributed by atoms with Crippen LogP contribution in [0.3, 0.4) is 0 Å². The minimum Gasteiger partial charge on any atom is -0.464 e. The summed E-state index contributed by atoms with van der Waals surface area (Å²) in [4.78, 5) is 4.00. The van der Waals surface area contributed by atoms with Gasteiger partial charge < -0.3 is 4.42 Å². The van der Waals surface area contributed by atoms with Crippen molar-refractivity contribution in [2.24, 2.45) is 0 Å². The molecule has 0 aliphatic carbocycles. The molecular formula is C13H9NO. The van der Waals surface area contributed by atoms with Gasteiger partial charge in [-0.05, 0) is 23.8 Å². The summed E-state index contributed by atoms with van der Waals surface area (Å²) in [6, 6.07) is 12.0. The van der Waals surface area contributed by atoms with Crippen LogP contribution in [0.1, 0.15) is 0 Å². The molecule has 0 radical (unpaired) electrons. The predicted octanol–water partition coefficient (Wildman–Crippen LogP) is 3.49. The Bertz CT molecular complexity index is 584. The highest BCUT2D eigenvalue weighted by molar-refractivity contribution is 5.93. The molecule has 3 aromatic rings. The van der Waals surface area contributed by atoms with Crippen molar-refractivity contribution >= 4 is 11.0 Å². The quantitative estimate of drug-likeness (QED) is 0.594. The summed E-state index contributed by atoms with van der Waals surface area (Å²) in [5, 5.41) is 1.14. The highest BCUT2D eigenvalue weighted by atomic mass is 16.3. The number of fused-ring (bicyclic) bond motifs is 1. The number of furan rings is 1. The van der Waals surface area contributed by atoms with E-state index in [1.165, 1.54) is 0 Å². The number of hydrogen-bond donors (Lipinski definition) is 0. The van der Waals surface area contributed by atoms with E-state index in [1.807, 2.05) is 30.3 Å². The maximum atomic E-state index is 5.48. The molecule has 3 rings (SSSR count). The van der Waals surface area contributed by atoms with E-state index in [0.717, 1.165) is 22.1 Å². The van der Waals surface area contributed by atoms with Crippen LogP contribution in [0.15, 0.2) is 59.5 Å². The standard InChI is InChI=1S/C13H9NO/c1-2-4-13-11(3-1)12(9-15-13)10-5-7-14-8-6-10/h1-9H. The Morgan fingerprint density at radius 3 is 2.60 bits per heavy atom. The van der Waals surface area contributed by atoms with Crippen molar-refractivity contribution in [1.29, 1.82) is 0 Å². The molecule has 0 saturated heterocycles. The molecule has 2 heterocycles. The number of pyridine rings is 1. The van der Waals surface area contributed by atoms with E-state index in [1.54, 1.807) is 18.7 Å². The first-order chi connectivity index (χ1) is 7.45. The van der Waals surface area contributed by atoms with Gasteiger partial charge >= 0.3 is 0 Å². The Hall–Kier alpha value is -2.09. The van der Waals surface area contributed by atoms with Gasteiger partial charge in [-0.3, -0.25) is 4.98 Å². The van der Waals surface area contributed by atoms with Crippen LogP contribution < -0.4 is 0 Å². The first-order valence-electron chi connectivity index (χ1n) is 4.82. The molecule has 1 aromatic carbocycles. The molecule has 72 valence electrons. The average molecular weight is 195 g/mol. The van der Waals surface area contributed by atoms with Crippen molar-refractivity contribution in [3.63, 3.8) is 0 Å². The third kappa shape index (κ3) is 1.31. The third-order valence-electron chi connectivity index (χ3n) is 2.47. The van der Waals surface area contributed by atoms with Crippen molar-refractivity contribution in [2.75, 3.05) is 0 Å². The molecule has 0 saturated carbocycles. The second-order valence-corrected chi connectivity index (χ2v) is 3.38. The van der Waals surface area contributed by atoms with Crippen LogP contribution in [0.5, 0.6) is 0 Å². The summed E-state index contributed by atoms with van der Waals surface area (Å²) in [5.74, 6) is 0. The number of aromatic nitrogens is 1. The molecule has 0 aliphatic rings. The largest absolute Gasteiger partial charge is 0.464 e. The van der Waals surface area contributed by atoms with Crippen LogP contribution in [0, 0.1) is 0 Å². The van der Waals surface area contributed by atoms with Crippen LogP contribution in [0.2, 0.25) is 0 Å². The van der Waals surface area contributed by atoms with Crippen molar-refractivity contribution in [2.45, 2.75) is 0 Å². The second kappa shape index (κ2) is 3.24. The van der Waals surface area contributed by atoms with Crippen LogP contribution in [-0.2, 0) is 0 Å². The van der Waals surface area contributed by atoms with Crippen LogP contribution in [-0.4, -0.2) is 4.98 Å². The molecule has 0 spiro atoms. The Labute approximate surface area is 87.2 Å². The normalized spacial score (nSPS) is 10.7. The topological polar surface area (TPSA) is 26.0 Å². The van der Waals surface area contributed by atoms with Gasteiger partial charge in [-0.25, -0.2) is 0 Å². The number of benzene rings is 1. The van der Waals surface area contributed by atoms with Crippen molar-refractivity contribution in [3.8, 4) is 11.1 Å². The van der Waals surface area contributed by atoms with Crippen LogP contribution in [0.4, 0.5) is 0 Å². The van der Waals surface area contributed by atoms with Crippen LogP contribution >= 0.6 is 0 Å². The first-order valence-corrected chi connectivity index (χ1v) is 4.82. The monoisotopic (exact) mass is 195 g/mol. The lowest BCUT2D eigenvalue weighted by molar-refractivity contribution is 0.617. The molecule has 0 amide bonds. The van der Waals surface area contributed by atoms with Crippen LogP contribution in [0.25, 0.3) is 22.1 Å². The SMILES string of the molecule is c1ccc2c(-c3ccncc3)coc2c1. The van der Waals surface area contributed by atoms with E-state index < -0.39 is 0 Å². The lowest BCUT2D eigenvalue weighted by Gasteiger charge is -1.96. The molecule has 2 nitrogen and oxygen atoms in total. The molecule has 0 fully saturated rings. The Balaban J connectivity index is 2.28. The van der Waals surface area contributed by atoms with E-state index in [0.29, 0.717) is 0 Å². The smallest absolute Gasteiger partial charge is 0.134 e. The van der Waals surface area contributed by atoms with Gasteiger partial charge in [-0.1, -0.05) is 18.2 Å². The van der Waals surface area contributed by atoms with Gasteiger partial charge in [-0.2, -0.15) is 0 Å². The molecule has 0 N–H and O–H groups in total. The minimum atomic E-state index is 0.921. The zero-order chi connectivity index (χ0) is 10.1. The van der Waals surface area contributed by atoms with Gasteiger partial charge in [-0.15, -0.1) is 0 Å². The van der Waals surface area contributed by atoms with Gasteiger partial charge in [0, 0.05) is 23.3 Å². The summed E-state index contributed by atoms with van der Waals surface area (Å²) in [7, 11) is 0. The Kier molecular flexibility index (Phi) is 1.78. The highest BCUT2D eigenvalue weighted by Gasteiger charge is 2.05. The number of nitrogens with zero attached hydrogens (tertiary/aromatic N) is 1. The summed E-state index contributed by atoms with van der Waals surface area (Å²) < 4.78 is 5.48. The summed E-state index contributed by atoms with van der Waals surface area (Å²) in [5.41, 5.74) is 3.17. The molecule has 2 aromatic heterocycles. The van der Waals surface area contributed by atoms with Gasteiger partial charge in [0.25, 0.3) is 0 Å². The number of rotatable bonds is 1. The molecule has 15 heavy (non-hydrogen) atoms. The fourth-order valence-electron chi connectivity index (χ4n) is 1.73.